The lowest BCUT2D eigenvalue weighted by atomic mass is 10.2. The summed E-state index contributed by atoms with van der Waals surface area (Å²) < 4.78 is 8.01. The average Bonchev–Trinajstić information content (AvgIpc) is 3.12. The standard InChI is InChI=1S/C25H22ClN5O3/c1-17-13-20(14-28-29-25-12-9-23(15-27-25)31(32)33)18(2)30(17)22-7-10-24(11-8-22)34-16-19-3-5-21(26)6-4-19/h3-15H,16H2,1-2H3,(H,27,29)/b28-14+. The average molecular weight is 476 g/mol. The molecule has 0 spiro atoms. The predicted molar refractivity (Wildman–Crippen MR) is 133 cm³/mol. The summed E-state index contributed by atoms with van der Waals surface area (Å²) in [7, 11) is 0. The van der Waals surface area contributed by atoms with E-state index in [4.69, 9.17) is 16.3 Å². The Hall–Kier alpha value is -4.17. The molecule has 1 N–H and O–H groups in total. The second-order valence-electron chi connectivity index (χ2n) is 7.60. The van der Waals surface area contributed by atoms with Crippen LogP contribution in [-0.2, 0) is 6.61 Å². The normalized spacial score (nSPS) is 11.0. The summed E-state index contributed by atoms with van der Waals surface area (Å²) in [6, 6.07) is 20.4. The number of ether oxygens (including phenoxy) is 1. The summed E-state index contributed by atoms with van der Waals surface area (Å²) in [6.45, 7) is 4.51. The van der Waals surface area contributed by atoms with Crippen LogP contribution >= 0.6 is 11.6 Å². The van der Waals surface area contributed by atoms with E-state index >= 15 is 0 Å². The molecule has 4 rings (SSSR count). The summed E-state index contributed by atoms with van der Waals surface area (Å²) in [4.78, 5) is 14.2. The summed E-state index contributed by atoms with van der Waals surface area (Å²) in [5.41, 5.74) is 7.81. The molecule has 0 atom stereocenters. The predicted octanol–water partition coefficient (Wildman–Crippen LogP) is 6.08. The molecule has 0 aliphatic carbocycles. The van der Waals surface area contributed by atoms with E-state index in [0.717, 1.165) is 34.0 Å². The zero-order valence-corrected chi connectivity index (χ0v) is 19.4. The number of pyridine rings is 1. The van der Waals surface area contributed by atoms with Crippen LogP contribution < -0.4 is 10.2 Å². The molecule has 4 aromatic rings. The molecule has 2 aromatic heterocycles. The van der Waals surface area contributed by atoms with Crippen LogP contribution in [0.25, 0.3) is 5.69 Å². The van der Waals surface area contributed by atoms with Crippen LogP contribution in [0.3, 0.4) is 0 Å². The van der Waals surface area contributed by atoms with Crippen molar-refractivity contribution >= 4 is 29.3 Å². The van der Waals surface area contributed by atoms with Gasteiger partial charge in [0.15, 0.2) is 0 Å². The lowest BCUT2D eigenvalue weighted by molar-refractivity contribution is -0.385. The number of halogens is 1. The van der Waals surface area contributed by atoms with E-state index < -0.39 is 4.92 Å². The summed E-state index contributed by atoms with van der Waals surface area (Å²) in [5, 5.41) is 15.6. The number of nitro groups is 1. The van der Waals surface area contributed by atoms with E-state index in [9.17, 15) is 10.1 Å². The maximum Gasteiger partial charge on any atom is 0.287 e. The number of rotatable bonds is 8. The van der Waals surface area contributed by atoms with E-state index in [1.807, 2.05) is 68.4 Å². The topological polar surface area (TPSA) is 94.6 Å². The lowest BCUT2D eigenvalue weighted by Crippen LogP contribution is -2.01. The highest BCUT2D eigenvalue weighted by Crippen LogP contribution is 2.23. The Balaban J connectivity index is 1.42. The van der Waals surface area contributed by atoms with Crippen LogP contribution in [-0.4, -0.2) is 20.7 Å². The van der Waals surface area contributed by atoms with Gasteiger partial charge in [0.2, 0.25) is 0 Å². The van der Waals surface area contributed by atoms with Crippen LogP contribution in [0.1, 0.15) is 22.5 Å². The maximum atomic E-state index is 10.7. The van der Waals surface area contributed by atoms with Gasteiger partial charge < -0.3 is 9.30 Å². The Bertz CT molecular complexity index is 1310. The van der Waals surface area contributed by atoms with Crippen molar-refractivity contribution in [2.24, 2.45) is 5.10 Å². The van der Waals surface area contributed by atoms with Crippen molar-refractivity contribution in [3.8, 4) is 11.4 Å². The molecule has 8 nitrogen and oxygen atoms in total. The zero-order valence-electron chi connectivity index (χ0n) is 18.6. The van der Waals surface area contributed by atoms with Crippen LogP contribution in [0.2, 0.25) is 5.02 Å². The number of nitrogens with one attached hydrogen (secondary N) is 1. The smallest absolute Gasteiger partial charge is 0.287 e. The minimum Gasteiger partial charge on any atom is -0.489 e. The maximum absolute atomic E-state index is 10.7. The molecule has 2 heterocycles. The molecule has 0 fully saturated rings. The van der Waals surface area contributed by atoms with Crippen molar-refractivity contribution < 1.29 is 9.66 Å². The van der Waals surface area contributed by atoms with Gasteiger partial charge in [-0.1, -0.05) is 23.7 Å². The van der Waals surface area contributed by atoms with E-state index in [-0.39, 0.29) is 5.69 Å². The third kappa shape index (κ3) is 5.41. The highest BCUT2D eigenvalue weighted by Gasteiger charge is 2.10. The number of benzene rings is 2. The highest BCUT2D eigenvalue weighted by atomic mass is 35.5. The quantitative estimate of drug-likeness (QED) is 0.189. The van der Waals surface area contributed by atoms with Gasteiger partial charge in [-0.25, -0.2) is 4.98 Å². The Labute approximate surface area is 201 Å². The number of hydrogen-bond donors (Lipinski definition) is 1. The monoisotopic (exact) mass is 475 g/mol. The number of aromatic nitrogens is 2. The SMILES string of the molecule is Cc1cc(/C=N/Nc2ccc([N+](=O)[O-])cn2)c(C)n1-c1ccc(OCc2ccc(Cl)cc2)cc1. The first-order valence-corrected chi connectivity index (χ1v) is 10.8. The van der Waals surface area contributed by atoms with Gasteiger partial charge in [0, 0.05) is 33.7 Å². The Morgan fingerprint density at radius 3 is 2.50 bits per heavy atom. The van der Waals surface area contributed by atoms with Crippen molar-refractivity contribution in [2.75, 3.05) is 5.43 Å². The van der Waals surface area contributed by atoms with E-state index in [1.54, 1.807) is 6.21 Å². The van der Waals surface area contributed by atoms with E-state index in [1.165, 1.54) is 18.3 Å². The van der Waals surface area contributed by atoms with Crippen LogP contribution in [0.15, 0.2) is 78.0 Å². The van der Waals surface area contributed by atoms with Gasteiger partial charge in [0.1, 0.15) is 24.4 Å². The molecule has 0 amide bonds. The van der Waals surface area contributed by atoms with Gasteiger partial charge in [-0.3, -0.25) is 15.5 Å². The fourth-order valence-corrected chi connectivity index (χ4v) is 3.61. The molecule has 0 saturated carbocycles. The number of anilines is 1. The fourth-order valence-electron chi connectivity index (χ4n) is 3.48. The van der Waals surface area contributed by atoms with Gasteiger partial charge in [-0.2, -0.15) is 5.10 Å². The van der Waals surface area contributed by atoms with E-state index in [0.29, 0.717) is 17.4 Å². The van der Waals surface area contributed by atoms with Gasteiger partial charge in [0.05, 0.1) is 11.1 Å². The lowest BCUT2D eigenvalue weighted by Gasteiger charge is -2.11. The number of nitrogens with zero attached hydrogens (tertiary/aromatic N) is 4. The third-order valence-corrected chi connectivity index (χ3v) is 5.48. The minimum absolute atomic E-state index is 0.0699. The summed E-state index contributed by atoms with van der Waals surface area (Å²) in [6.07, 6.45) is 2.89. The first-order chi connectivity index (χ1) is 16.4. The highest BCUT2D eigenvalue weighted by molar-refractivity contribution is 6.30. The molecule has 0 unspecified atom stereocenters. The van der Waals surface area contributed by atoms with Crippen LogP contribution in [0, 0.1) is 24.0 Å². The molecule has 0 aliphatic rings. The molecule has 0 radical (unpaired) electrons. The molecule has 0 bridgehead atoms. The molecular weight excluding hydrogens is 454 g/mol. The van der Waals surface area contributed by atoms with E-state index in [2.05, 4.69) is 20.1 Å². The van der Waals surface area contributed by atoms with Gasteiger partial charge >= 0.3 is 0 Å². The first kappa shape index (κ1) is 23.0. The zero-order chi connectivity index (χ0) is 24.1. The molecule has 0 aliphatic heterocycles. The van der Waals surface area contributed by atoms with Gasteiger partial charge in [0.25, 0.3) is 5.69 Å². The van der Waals surface area contributed by atoms with Crippen LogP contribution in [0.5, 0.6) is 5.75 Å². The van der Waals surface area contributed by atoms with Crippen LogP contribution in [0.4, 0.5) is 11.5 Å². The second kappa shape index (κ2) is 10.2. The van der Waals surface area contributed by atoms with Gasteiger partial charge in [-0.15, -0.1) is 0 Å². The van der Waals surface area contributed by atoms with Crippen molar-refractivity contribution in [3.63, 3.8) is 0 Å². The van der Waals surface area contributed by atoms with Crippen molar-refractivity contribution in [1.82, 2.24) is 9.55 Å². The Morgan fingerprint density at radius 1 is 1.12 bits per heavy atom. The Kier molecular flexibility index (Phi) is 6.89. The summed E-state index contributed by atoms with van der Waals surface area (Å²) >= 11 is 5.92. The number of hydrazone groups is 1. The molecular formula is C25H22ClN5O3. The minimum atomic E-state index is -0.493. The van der Waals surface area contributed by atoms with Crippen molar-refractivity contribution in [2.45, 2.75) is 20.5 Å². The van der Waals surface area contributed by atoms with Gasteiger partial charge in [-0.05, 0) is 67.9 Å². The van der Waals surface area contributed by atoms with Crippen molar-refractivity contribution in [3.05, 3.63) is 111 Å². The van der Waals surface area contributed by atoms with Crippen molar-refractivity contribution in [1.29, 1.82) is 0 Å². The first-order valence-electron chi connectivity index (χ1n) is 10.5. The fraction of sp³-hybridized carbons (Fsp3) is 0.120. The molecule has 34 heavy (non-hydrogen) atoms. The third-order valence-electron chi connectivity index (χ3n) is 5.23. The molecule has 172 valence electrons. The summed E-state index contributed by atoms with van der Waals surface area (Å²) in [5.74, 6) is 1.20. The number of aryl methyl sites for hydroxylation is 1. The largest absolute Gasteiger partial charge is 0.489 e. The Morgan fingerprint density at radius 2 is 1.85 bits per heavy atom. The number of hydrogen-bond acceptors (Lipinski definition) is 6. The molecule has 9 heteroatoms. The molecule has 2 aromatic carbocycles. The molecule has 0 saturated heterocycles. The second-order valence-corrected chi connectivity index (χ2v) is 8.04.